The summed E-state index contributed by atoms with van der Waals surface area (Å²) in [6.45, 7) is 3.73. The summed E-state index contributed by atoms with van der Waals surface area (Å²) in [6, 6.07) is 19.8. The molecule has 0 saturated heterocycles. The molecule has 6 heteroatoms. The molecular weight excluding hydrogens is 382 g/mol. The molecule has 0 aromatic heterocycles. The van der Waals surface area contributed by atoms with Crippen LogP contribution in [-0.2, 0) is 10.4 Å². The number of rotatable bonds is 3. The second-order valence-electron chi connectivity index (χ2n) is 7.08. The van der Waals surface area contributed by atoms with Gasteiger partial charge in [0, 0.05) is 11.1 Å². The third-order valence-electron chi connectivity index (χ3n) is 4.86. The summed E-state index contributed by atoms with van der Waals surface area (Å²) >= 11 is 0. The second kappa shape index (κ2) is 8.88. The molecule has 6 nitrogen and oxygen atoms in total. The largest absolute Gasteiger partial charge is 0.508 e. The van der Waals surface area contributed by atoms with Crippen LogP contribution in [0.25, 0.3) is 0 Å². The lowest BCUT2D eigenvalue weighted by Gasteiger charge is -2.38. The molecule has 1 amide bonds. The summed E-state index contributed by atoms with van der Waals surface area (Å²) in [5.41, 5.74) is 0.321. The van der Waals surface area contributed by atoms with Crippen molar-refractivity contribution in [3.63, 3.8) is 0 Å². The summed E-state index contributed by atoms with van der Waals surface area (Å²) in [7, 11) is 0. The van der Waals surface area contributed by atoms with Gasteiger partial charge >= 0.3 is 0 Å². The summed E-state index contributed by atoms with van der Waals surface area (Å²) in [5.74, 6) is 0.397. The number of carbonyl (C=O) groups excluding carboxylic acids is 1. The van der Waals surface area contributed by atoms with Crippen molar-refractivity contribution in [1.82, 2.24) is 0 Å². The average molecular weight is 407 g/mol. The number of para-hydroxylation sites is 2. The smallest absolute Gasteiger partial charge is 0.278 e. The second-order valence-corrected chi connectivity index (χ2v) is 7.08. The summed E-state index contributed by atoms with van der Waals surface area (Å²) in [5, 5.41) is 30.4. The van der Waals surface area contributed by atoms with Crippen LogP contribution in [0.1, 0.15) is 31.4 Å². The van der Waals surface area contributed by atoms with Crippen molar-refractivity contribution < 1.29 is 24.9 Å². The molecule has 3 aromatic rings. The van der Waals surface area contributed by atoms with Gasteiger partial charge in [0.2, 0.25) is 5.60 Å². The fourth-order valence-corrected chi connectivity index (χ4v) is 3.02. The number of fused-ring (bicyclic) bond motifs is 1. The van der Waals surface area contributed by atoms with Gasteiger partial charge in [-0.1, -0.05) is 43.3 Å². The van der Waals surface area contributed by atoms with Crippen LogP contribution >= 0.6 is 0 Å². The zero-order valence-corrected chi connectivity index (χ0v) is 16.9. The Balaban J connectivity index is 0.000000461. The molecule has 0 fully saturated rings. The topological polar surface area (TPSA) is 99.0 Å². The van der Waals surface area contributed by atoms with Gasteiger partial charge in [0.05, 0.1) is 11.8 Å². The van der Waals surface area contributed by atoms with Crippen molar-refractivity contribution in [3.8, 4) is 17.2 Å². The van der Waals surface area contributed by atoms with E-state index in [1.54, 1.807) is 43.3 Å². The van der Waals surface area contributed by atoms with Crippen LogP contribution in [0, 0.1) is 0 Å². The molecule has 3 aromatic carbocycles. The zero-order valence-electron chi connectivity index (χ0n) is 16.9. The average Bonchev–Trinajstić information content (AvgIpc) is 2.75. The molecule has 0 spiro atoms. The first-order valence-corrected chi connectivity index (χ1v) is 9.73. The number of phenols is 2. The molecule has 1 atom stereocenters. The van der Waals surface area contributed by atoms with Gasteiger partial charge in [-0.3, -0.25) is 4.79 Å². The highest BCUT2D eigenvalue weighted by Gasteiger charge is 2.48. The predicted molar refractivity (Wildman–Crippen MR) is 115 cm³/mol. The van der Waals surface area contributed by atoms with Gasteiger partial charge in [0.1, 0.15) is 17.2 Å². The van der Waals surface area contributed by atoms with Crippen LogP contribution in [0.2, 0.25) is 0 Å². The predicted octanol–water partition coefficient (Wildman–Crippen LogP) is 4.15. The number of amides is 1. The zero-order chi connectivity index (χ0) is 21.7. The van der Waals surface area contributed by atoms with Crippen LogP contribution in [0.3, 0.4) is 0 Å². The maximum atomic E-state index is 13.1. The highest BCUT2D eigenvalue weighted by Crippen LogP contribution is 2.43. The van der Waals surface area contributed by atoms with Gasteiger partial charge in [-0.2, -0.15) is 0 Å². The molecule has 1 aliphatic rings. The lowest BCUT2D eigenvalue weighted by atomic mass is 9.84. The minimum Gasteiger partial charge on any atom is -0.508 e. The number of aliphatic hydroxyl groups excluding tert-OH is 1. The Morgan fingerprint density at radius 1 is 0.900 bits per heavy atom. The van der Waals surface area contributed by atoms with E-state index in [1.165, 1.54) is 24.3 Å². The van der Waals surface area contributed by atoms with E-state index in [0.717, 1.165) is 6.42 Å². The summed E-state index contributed by atoms with van der Waals surface area (Å²) < 4.78 is 6.21. The molecule has 4 N–H and O–H groups in total. The van der Waals surface area contributed by atoms with Crippen molar-refractivity contribution >= 4 is 11.6 Å². The summed E-state index contributed by atoms with van der Waals surface area (Å²) in [4.78, 5) is 13.1. The molecule has 30 heavy (non-hydrogen) atoms. The molecule has 4 rings (SSSR count). The fraction of sp³-hybridized carbons (Fsp3) is 0.208. The quantitative estimate of drug-likeness (QED) is 0.523. The van der Waals surface area contributed by atoms with E-state index >= 15 is 0 Å². The van der Waals surface area contributed by atoms with E-state index in [-0.39, 0.29) is 23.5 Å². The van der Waals surface area contributed by atoms with Crippen LogP contribution in [0.15, 0.2) is 72.8 Å². The van der Waals surface area contributed by atoms with E-state index in [0.29, 0.717) is 22.6 Å². The molecule has 0 bridgehead atoms. The molecule has 156 valence electrons. The number of aromatic hydroxyl groups is 2. The van der Waals surface area contributed by atoms with Gasteiger partial charge in [0.15, 0.2) is 0 Å². The van der Waals surface area contributed by atoms with Crippen molar-refractivity contribution in [2.75, 3.05) is 5.32 Å². The Kier molecular flexibility index (Phi) is 6.28. The molecule has 0 aliphatic carbocycles. The van der Waals surface area contributed by atoms with E-state index in [9.17, 15) is 15.0 Å². The number of nitrogens with one attached hydrogen (secondary N) is 1. The van der Waals surface area contributed by atoms with Crippen LogP contribution in [0.4, 0.5) is 5.69 Å². The fourth-order valence-electron chi connectivity index (χ4n) is 3.02. The minimum atomic E-state index is -1.42. The van der Waals surface area contributed by atoms with Crippen molar-refractivity contribution in [2.24, 2.45) is 0 Å². The molecule has 1 aliphatic heterocycles. The van der Waals surface area contributed by atoms with E-state index < -0.39 is 5.60 Å². The Bertz CT molecular complexity index is 951. The van der Waals surface area contributed by atoms with Gasteiger partial charge in [-0.25, -0.2) is 0 Å². The maximum Gasteiger partial charge on any atom is 0.278 e. The maximum absolute atomic E-state index is 13.1. The number of aliphatic hydroxyl groups is 1. The first-order chi connectivity index (χ1) is 14.4. The number of carbonyl (C=O) groups is 1. The number of hydrogen-bond acceptors (Lipinski definition) is 5. The van der Waals surface area contributed by atoms with Crippen molar-refractivity contribution in [2.45, 2.75) is 32.0 Å². The summed E-state index contributed by atoms with van der Waals surface area (Å²) in [6.07, 6.45) is 0.745. The van der Waals surface area contributed by atoms with Gasteiger partial charge in [-0.15, -0.1) is 0 Å². The molecular formula is C24H25NO5. The SMILES string of the molecule is CCC(C)O.O=C1Nc2ccccc2OC1(c1ccc(O)cc1)c1ccc(O)cc1. The van der Waals surface area contributed by atoms with E-state index in [4.69, 9.17) is 9.84 Å². The first-order valence-electron chi connectivity index (χ1n) is 9.73. The van der Waals surface area contributed by atoms with Crippen LogP contribution < -0.4 is 10.1 Å². The van der Waals surface area contributed by atoms with Crippen molar-refractivity contribution in [1.29, 1.82) is 0 Å². The Morgan fingerprint density at radius 3 is 1.83 bits per heavy atom. The Hall–Kier alpha value is -3.51. The number of benzene rings is 3. The number of phenolic OH excluding ortho intramolecular Hbond substituents is 2. The van der Waals surface area contributed by atoms with E-state index in [2.05, 4.69) is 5.32 Å². The number of anilines is 1. The highest BCUT2D eigenvalue weighted by atomic mass is 16.5. The Morgan fingerprint density at radius 2 is 1.37 bits per heavy atom. The Labute approximate surface area is 175 Å². The van der Waals surface area contributed by atoms with Crippen molar-refractivity contribution in [3.05, 3.63) is 83.9 Å². The highest BCUT2D eigenvalue weighted by molar-refractivity contribution is 6.03. The number of ether oxygens (including phenoxy) is 1. The third kappa shape index (κ3) is 4.23. The lowest BCUT2D eigenvalue weighted by molar-refractivity contribution is -0.129. The lowest BCUT2D eigenvalue weighted by Crippen LogP contribution is -2.49. The normalized spacial score (nSPS) is 15.0. The standard InChI is InChI=1S/C20H15NO4.C4H10O/c22-15-9-5-13(6-10-15)20(14-7-11-16(23)12-8-14)19(24)21-17-3-1-2-4-18(17)25-20;1-3-4(2)5/h1-12,22-23H,(H,21,24);4-5H,3H2,1-2H3. The van der Waals surface area contributed by atoms with Gasteiger partial charge in [0.25, 0.3) is 5.91 Å². The monoisotopic (exact) mass is 407 g/mol. The van der Waals surface area contributed by atoms with Gasteiger partial charge < -0.3 is 25.4 Å². The number of hydrogen-bond donors (Lipinski definition) is 4. The first kappa shape index (κ1) is 21.2. The van der Waals surface area contributed by atoms with E-state index in [1.807, 2.05) is 19.1 Å². The molecule has 1 heterocycles. The molecule has 0 radical (unpaired) electrons. The molecule has 0 saturated carbocycles. The minimum absolute atomic E-state index is 0.0984. The van der Waals surface area contributed by atoms with Crippen LogP contribution in [-0.4, -0.2) is 27.3 Å². The molecule has 1 unspecified atom stereocenters. The van der Waals surface area contributed by atoms with Crippen LogP contribution in [0.5, 0.6) is 17.2 Å². The third-order valence-corrected chi connectivity index (χ3v) is 4.86. The van der Waals surface area contributed by atoms with Gasteiger partial charge in [-0.05, 0) is 49.7 Å².